The lowest BCUT2D eigenvalue weighted by Crippen LogP contribution is -2.42. The van der Waals surface area contributed by atoms with E-state index in [0.717, 1.165) is 31.1 Å². The van der Waals surface area contributed by atoms with Crippen molar-refractivity contribution in [3.63, 3.8) is 0 Å². The van der Waals surface area contributed by atoms with Crippen LogP contribution in [0.15, 0.2) is 24.3 Å². The van der Waals surface area contributed by atoms with E-state index in [1.54, 1.807) is 0 Å². The Labute approximate surface area is 108 Å². The van der Waals surface area contributed by atoms with Gasteiger partial charge < -0.3 is 15.0 Å². The van der Waals surface area contributed by atoms with Crippen molar-refractivity contribution in [2.45, 2.75) is 13.8 Å². The maximum atomic E-state index is 11.9. The lowest BCUT2D eigenvalue weighted by atomic mass is 10.1. The zero-order chi connectivity index (χ0) is 13.0. The molecule has 1 aromatic carbocycles. The van der Waals surface area contributed by atoms with Gasteiger partial charge in [0.05, 0.1) is 5.69 Å². The van der Waals surface area contributed by atoms with Gasteiger partial charge in [-0.15, -0.1) is 0 Å². The number of hydrogen-bond donors (Lipinski definition) is 1. The quantitative estimate of drug-likeness (QED) is 0.861. The van der Waals surface area contributed by atoms with Crippen LogP contribution < -0.4 is 15.0 Å². The molecule has 0 bridgehead atoms. The summed E-state index contributed by atoms with van der Waals surface area (Å²) < 4.78 is 5.42. The average Bonchev–Trinajstić information content (AvgIpc) is 2.40. The Hall–Kier alpha value is -1.55. The van der Waals surface area contributed by atoms with E-state index in [4.69, 9.17) is 4.74 Å². The zero-order valence-corrected chi connectivity index (χ0v) is 11.0. The van der Waals surface area contributed by atoms with Crippen molar-refractivity contribution in [2.75, 3.05) is 31.1 Å². The Morgan fingerprint density at radius 3 is 3.00 bits per heavy atom. The van der Waals surface area contributed by atoms with Crippen LogP contribution in [0.5, 0.6) is 5.75 Å². The number of anilines is 1. The van der Waals surface area contributed by atoms with Crippen molar-refractivity contribution in [3.8, 4) is 5.75 Å². The number of amides is 1. The van der Waals surface area contributed by atoms with Gasteiger partial charge in [0, 0.05) is 6.54 Å². The molecule has 1 N–H and O–H groups in total. The fraction of sp³-hybridized carbons (Fsp3) is 0.500. The summed E-state index contributed by atoms with van der Waals surface area (Å²) in [5.74, 6) is 1.25. The van der Waals surface area contributed by atoms with Crippen LogP contribution in [0.4, 0.5) is 5.69 Å². The Balaban J connectivity index is 2.09. The Bertz CT molecular complexity index is 420. The molecule has 1 unspecified atom stereocenters. The van der Waals surface area contributed by atoms with Crippen molar-refractivity contribution >= 4 is 11.6 Å². The highest BCUT2D eigenvalue weighted by molar-refractivity contribution is 5.97. The van der Waals surface area contributed by atoms with E-state index in [-0.39, 0.29) is 12.5 Å². The Morgan fingerprint density at radius 2 is 2.22 bits per heavy atom. The summed E-state index contributed by atoms with van der Waals surface area (Å²) in [5.41, 5.74) is 0.886. The largest absolute Gasteiger partial charge is 0.482 e. The maximum absolute atomic E-state index is 11.9. The van der Waals surface area contributed by atoms with Crippen LogP contribution in [0.25, 0.3) is 0 Å². The van der Waals surface area contributed by atoms with Crippen LogP contribution in [-0.2, 0) is 4.79 Å². The summed E-state index contributed by atoms with van der Waals surface area (Å²) >= 11 is 0. The molecular weight excluding hydrogens is 228 g/mol. The van der Waals surface area contributed by atoms with Crippen molar-refractivity contribution in [1.29, 1.82) is 0 Å². The minimum Gasteiger partial charge on any atom is -0.482 e. The number of benzene rings is 1. The second-order valence-electron chi connectivity index (χ2n) is 4.67. The molecule has 98 valence electrons. The van der Waals surface area contributed by atoms with E-state index >= 15 is 0 Å². The predicted octanol–water partition coefficient (Wildman–Crippen LogP) is 1.66. The standard InChI is InChI=1S/C14H20N2O2/c1-3-15-8-11(2)9-16-12-6-4-5-7-13(12)18-10-14(16)17/h4-7,11,15H,3,8-10H2,1-2H3. The smallest absolute Gasteiger partial charge is 0.265 e. The number of nitrogens with one attached hydrogen (secondary N) is 1. The van der Waals surface area contributed by atoms with E-state index in [2.05, 4.69) is 19.2 Å². The van der Waals surface area contributed by atoms with Crippen LogP contribution in [0.3, 0.4) is 0 Å². The molecule has 0 saturated heterocycles. The number of fused-ring (bicyclic) bond motifs is 1. The van der Waals surface area contributed by atoms with Crippen LogP contribution in [0.2, 0.25) is 0 Å². The number of ether oxygens (including phenoxy) is 1. The van der Waals surface area contributed by atoms with Crippen LogP contribution in [0.1, 0.15) is 13.8 Å². The highest BCUT2D eigenvalue weighted by Crippen LogP contribution is 2.31. The molecule has 0 aromatic heterocycles. The molecule has 0 radical (unpaired) electrons. The predicted molar refractivity (Wildman–Crippen MR) is 72.0 cm³/mol. The number of nitrogens with zero attached hydrogens (tertiary/aromatic N) is 1. The highest BCUT2D eigenvalue weighted by atomic mass is 16.5. The molecule has 1 aromatic rings. The second kappa shape index (κ2) is 5.87. The molecule has 1 aliphatic heterocycles. The number of hydrogen-bond acceptors (Lipinski definition) is 3. The molecule has 1 heterocycles. The summed E-state index contributed by atoms with van der Waals surface area (Å²) in [4.78, 5) is 13.8. The van der Waals surface area contributed by atoms with Gasteiger partial charge in [-0.1, -0.05) is 26.0 Å². The Morgan fingerprint density at radius 1 is 1.44 bits per heavy atom. The third-order valence-corrected chi connectivity index (χ3v) is 3.05. The first-order valence-electron chi connectivity index (χ1n) is 6.45. The minimum absolute atomic E-state index is 0.0389. The van der Waals surface area contributed by atoms with Gasteiger partial charge in [0.2, 0.25) is 0 Å². The third-order valence-electron chi connectivity index (χ3n) is 3.05. The molecular formula is C14H20N2O2. The molecule has 4 nitrogen and oxygen atoms in total. The first-order chi connectivity index (χ1) is 8.72. The van der Waals surface area contributed by atoms with Gasteiger partial charge in [0.1, 0.15) is 5.75 Å². The molecule has 1 aliphatic rings. The maximum Gasteiger partial charge on any atom is 0.265 e. The molecule has 18 heavy (non-hydrogen) atoms. The van der Waals surface area contributed by atoms with Crippen LogP contribution in [-0.4, -0.2) is 32.1 Å². The van der Waals surface area contributed by atoms with E-state index in [1.165, 1.54) is 0 Å². The van der Waals surface area contributed by atoms with Gasteiger partial charge >= 0.3 is 0 Å². The van der Waals surface area contributed by atoms with Crippen molar-refractivity contribution in [1.82, 2.24) is 5.32 Å². The molecule has 0 fully saturated rings. The fourth-order valence-electron chi connectivity index (χ4n) is 2.12. The van der Waals surface area contributed by atoms with Gasteiger partial charge in [0.25, 0.3) is 5.91 Å². The number of carbonyl (C=O) groups excluding carboxylic acids is 1. The SMILES string of the molecule is CCNCC(C)CN1C(=O)COc2ccccc21. The van der Waals surface area contributed by atoms with Gasteiger partial charge in [-0.05, 0) is 31.1 Å². The monoisotopic (exact) mass is 248 g/mol. The summed E-state index contributed by atoms with van der Waals surface area (Å²) in [6.07, 6.45) is 0. The number of para-hydroxylation sites is 2. The molecule has 0 spiro atoms. The van der Waals surface area contributed by atoms with Crippen molar-refractivity contribution < 1.29 is 9.53 Å². The first-order valence-corrected chi connectivity index (χ1v) is 6.45. The summed E-state index contributed by atoms with van der Waals surface area (Å²) in [6.45, 7) is 6.98. The van der Waals surface area contributed by atoms with Gasteiger partial charge in [0.15, 0.2) is 6.61 Å². The first kappa shape index (κ1) is 12.9. The summed E-state index contributed by atoms with van der Waals surface area (Å²) in [7, 11) is 0. The van der Waals surface area contributed by atoms with Gasteiger partial charge in [-0.3, -0.25) is 4.79 Å². The van der Waals surface area contributed by atoms with E-state index in [9.17, 15) is 4.79 Å². The summed E-state index contributed by atoms with van der Waals surface area (Å²) in [6, 6.07) is 7.70. The minimum atomic E-state index is 0.0389. The molecule has 0 aliphatic carbocycles. The third kappa shape index (κ3) is 2.82. The van der Waals surface area contributed by atoms with Crippen molar-refractivity contribution in [2.24, 2.45) is 5.92 Å². The van der Waals surface area contributed by atoms with E-state index in [1.807, 2.05) is 29.2 Å². The molecule has 4 heteroatoms. The average molecular weight is 248 g/mol. The Kier molecular flexibility index (Phi) is 4.20. The van der Waals surface area contributed by atoms with Crippen molar-refractivity contribution in [3.05, 3.63) is 24.3 Å². The van der Waals surface area contributed by atoms with E-state index in [0.29, 0.717) is 5.92 Å². The van der Waals surface area contributed by atoms with E-state index < -0.39 is 0 Å². The highest BCUT2D eigenvalue weighted by Gasteiger charge is 2.26. The number of carbonyl (C=O) groups is 1. The molecule has 0 saturated carbocycles. The lowest BCUT2D eigenvalue weighted by molar-refractivity contribution is -0.121. The lowest BCUT2D eigenvalue weighted by Gasteiger charge is -2.31. The van der Waals surface area contributed by atoms with Gasteiger partial charge in [-0.2, -0.15) is 0 Å². The fourth-order valence-corrected chi connectivity index (χ4v) is 2.12. The number of rotatable bonds is 5. The molecule has 2 rings (SSSR count). The summed E-state index contributed by atoms with van der Waals surface area (Å²) in [5, 5.41) is 3.31. The topological polar surface area (TPSA) is 41.6 Å². The van der Waals surface area contributed by atoms with Gasteiger partial charge in [-0.25, -0.2) is 0 Å². The molecule has 1 amide bonds. The second-order valence-corrected chi connectivity index (χ2v) is 4.67. The zero-order valence-electron chi connectivity index (χ0n) is 11.0. The van der Waals surface area contributed by atoms with Crippen LogP contribution >= 0.6 is 0 Å². The molecule has 1 atom stereocenters. The van der Waals surface area contributed by atoms with Crippen LogP contribution in [0, 0.1) is 5.92 Å². The normalized spacial score (nSPS) is 16.1.